The minimum Gasteiger partial charge on any atom is -0.354 e. The summed E-state index contributed by atoms with van der Waals surface area (Å²) in [6, 6.07) is 14.2. The molecule has 146 valence electrons. The van der Waals surface area contributed by atoms with Crippen molar-refractivity contribution in [3.8, 4) is 11.3 Å². The monoisotopic (exact) mass is 392 g/mol. The van der Waals surface area contributed by atoms with Gasteiger partial charge in [-0.15, -0.1) is 10.2 Å². The van der Waals surface area contributed by atoms with Gasteiger partial charge in [0.1, 0.15) is 18.2 Å². The highest BCUT2D eigenvalue weighted by molar-refractivity contribution is 5.75. The predicted molar refractivity (Wildman–Crippen MR) is 104 cm³/mol. The zero-order valence-corrected chi connectivity index (χ0v) is 15.3. The van der Waals surface area contributed by atoms with E-state index in [0.29, 0.717) is 24.2 Å². The van der Waals surface area contributed by atoms with Gasteiger partial charge in [0.25, 0.3) is 5.56 Å². The number of rotatable bonds is 6. The number of carbonyl (C=O) groups is 1. The average molecular weight is 392 g/mol. The van der Waals surface area contributed by atoms with Crippen LogP contribution in [0.1, 0.15) is 5.82 Å². The van der Waals surface area contributed by atoms with Crippen molar-refractivity contribution in [1.29, 1.82) is 0 Å². The molecule has 0 saturated heterocycles. The molecule has 0 saturated carbocycles. The van der Waals surface area contributed by atoms with Crippen LogP contribution < -0.4 is 10.9 Å². The SMILES string of the molecule is O=C(Cn1nc(-c2ccc(F)cc2)ccc1=O)NCCc1nnc2ccccn12. The molecule has 3 aromatic heterocycles. The van der Waals surface area contributed by atoms with Crippen LogP contribution in [0, 0.1) is 5.82 Å². The highest BCUT2D eigenvalue weighted by atomic mass is 19.1. The van der Waals surface area contributed by atoms with Gasteiger partial charge in [-0.05, 0) is 42.5 Å². The molecular weight excluding hydrogens is 375 g/mol. The first-order valence-corrected chi connectivity index (χ1v) is 8.99. The summed E-state index contributed by atoms with van der Waals surface area (Å²) < 4.78 is 16.0. The van der Waals surface area contributed by atoms with Crippen molar-refractivity contribution < 1.29 is 9.18 Å². The number of carbonyl (C=O) groups excluding carboxylic acids is 1. The van der Waals surface area contributed by atoms with Crippen molar-refractivity contribution in [2.45, 2.75) is 13.0 Å². The summed E-state index contributed by atoms with van der Waals surface area (Å²) in [7, 11) is 0. The molecule has 29 heavy (non-hydrogen) atoms. The Morgan fingerprint density at radius 1 is 1.03 bits per heavy atom. The molecule has 1 aromatic carbocycles. The van der Waals surface area contributed by atoms with Crippen molar-refractivity contribution in [2.24, 2.45) is 0 Å². The van der Waals surface area contributed by atoms with E-state index in [0.717, 1.165) is 16.2 Å². The summed E-state index contributed by atoms with van der Waals surface area (Å²) in [6.07, 6.45) is 2.35. The van der Waals surface area contributed by atoms with Crippen LogP contribution in [0.25, 0.3) is 16.9 Å². The van der Waals surface area contributed by atoms with Gasteiger partial charge in [-0.25, -0.2) is 9.07 Å². The molecule has 0 aliphatic rings. The Morgan fingerprint density at radius 2 is 1.86 bits per heavy atom. The first kappa shape index (κ1) is 18.5. The van der Waals surface area contributed by atoms with E-state index in [1.807, 2.05) is 28.8 Å². The lowest BCUT2D eigenvalue weighted by molar-refractivity contribution is -0.121. The van der Waals surface area contributed by atoms with E-state index in [-0.39, 0.29) is 18.3 Å². The Balaban J connectivity index is 1.39. The van der Waals surface area contributed by atoms with Crippen LogP contribution in [0.2, 0.25) is 0 Å². The van der Waals surface area contributed by atoms with Crippen molar-refractivity contribution >= 4 is 11.6 Å². The first-order valence-electron chi connectivity index (χ1n) is 8.99. The maximum absolute atomic E-state index is 13.1. The third kappa shape index (κ3) is 4.18. The zero-order valence-electron chi connectivity index (χ0n) is 15.3. The molecule has 9 heteroatoms. The summed E-state index contributed by atoms with van der Waals surface area (Å²) >= 11 is 0. The van der Waals surface area contributed by atoms with Gasteiger partial charge in [-0.1, -0.05) is 6.07 Å². The topological polar surface area (TPSA) is 94.2 Å². The van der Waals surface area contributed by atoms with Gasteiger partial charge in [0.2, 0.25) is 5.91 Å². The fourth-order valence-corrected chi connectivity index (χ4v) is 2.90. The Morgan fingerprint density at radius 3 is 2.69 bits per heavy atom. The summed E-state index contributed by atoms with van der Waals surface area (Å²) in [4.78, 5) is 24.3. The number of benzene rings is 1. The van der Waals surface area contributed by atoms with Crippen molar-refractivity contribution in [3.05, 3.63) is 82.8 Å². The molecule has 4 rings (SSSR count). The molecular formula is C20H17FN6O2. The lowest BCUT2D eigenvalue weighted by atomic mass is 10.1. The van der Waals surface area contributed by atoms with Crippen LogP contribution in [0.15, 0.2) is 65.6 Å². The van der Waals surface area contributed by atoms with E-state index < -0.39 is 5.56 Å². The van der Waals surface area contributed by atoms with Crippen LogP contribution in [0.5, 0.6) is 0 Å². The van der Waals surface area contributed by atoms with Gasteiger partial charge in [0, 0.05) is 30.8 Å². The molecule has 4 aromatic rings. The molecule has 0 unspecified atom stereocenters. The third-order valence-electron chi connectivity index (χ3n) is 4.36. The highest BCUT2D eigenvalue weighted by Crippen LogP contribution is 2.15. The van der Waals surface area contributed by atoms with Crippen LogP contribution in [-0.4, -0.2) is 36.8 Å². The predicted octanol–water partition coefficient (Wildman–Crippen LogP) is 1.45. The van der Waals surface area contributed by atoms with E-state index in [4.69, 9.17) is 0 Å². The number of hydrogen-bond acceptors (Lipinski definition) is 5. The third-order valence-corrected chi connectivity index (χ3v) is 4.36. The van der Waals surface area contributed by atoms with Gasteiger partial charge < -0.3 is 5.32 Å². The van der Waals surface area contributed by atoms with E-state index in [1.165, 1.54) is 18.2 Å². The first-order chi connectivity index (χ1) is 14.1. The average Bonchev–Trinajstić information content (AvgIpc) is 3.14. The molecule has 0 atom stereocenters. The van der Waals surface area contributed by atoms with Crippen LogP contribution >= 0.6 is 0 Å². The van der Waals surface area contributed by atoms with E-state index in [2.05, 4.69) is 20.6 Å². The highest BCUT2D eigenvalue weighted by Gasteiger charge is 2.09. The van der Waals surface area contributed by atoms with E-state index in [1.54, 1.807) is 18.2 Å². The largest absolute Gasteiger partial charge is 0.354 e. The molecule has 0 fully saturated rings. The summed E-state index contributed by atoms with van der Waals surface area (Å²) in [5, 5.41) is 15.1. The van der Waals surface area contributed by atoms with Gasteiger partial charge in [-0.3, -0.25) is 14.0 Å². The summed E-state index contributed by atoms with van der Waals surface area (Å²) in [6.45, 7) is 0.134. The number of nitrogens with one attached hydrogen (secondary N) is 1. The minimum absolute atomic E-state index is 0.214. The summed E-state index contributed by atoms with van der Waals surface area (Å²) in [5.41, 5.74) is 1.48. The van der Waals surface area contributed by atoms with Crippen LogP contribution in [0.3, 0.4) is 0 Å². The Hall–Kier alpha value is -3.88. The molecule has 0 radical (unpaired) electrons. The molecule has 0 spiro atoms. The number of fused-ring (bicyclic) bond motifs is 1. The maximum Gasteiger partial charge on any atom is 0.267 e. The lowest BCUT2D eigenvalue weighted by Gasteiger charge is -2.08. The molecule has 0 bridgehead atoms. The molecule has 8 nitrogen and oxygen atoms in total. The Bertz CT molecular complexity index is 1220. The van der Waals surface area contributed by atoms with Crippen molar-refractivity contribution in [1.82, 2.24) is 29.7 Å². The van der Waals surface area contributed by atoms with Gasteiger partial charge in [0.15, 0.2) is 5.65 Å². The van der Waals surface area contributed by atoms with Crippen LogP contribution in [0.4, 0.5) is 4.39 Å². The van der Waals surface area contributed by atoms with Gasteiger partial charge in [0.05, 0.1) is 5.69 Å². The minimum atomic E-state index is -0.394. The second kappa shape index (κ2) is 8.01. The number of hydrogen-bond donors (Lipinski definition) is 1. The fourth-order valence-electron chi connectivity index (χ4n) is 2.90. The van der Waals surface area contributed by atoms with Crippen molar-refractivity contribution in [2.75, 3.05) is 6.54 Å². The van der Waals surface area contributed by atoms with E-state index in [9.17, 15) is 14.0 Å². The smallest absolute Gasteiger partial charge is 0.267 e. The number of aromatic nitrogens is 5. The van der Waals surface area contributed by atoms with Crippen LogP contribution in [-0.2, 0) is 17.8 Å². The fraction of sp³-hybridized carbons (Fsp3) is 0.150. The number of pyridine rings is 1. The molecule has 1 N–H and O–H groups in total. The number of halogens is 1. The quantitative estimate of drug-likeness (QED) is 0.536. The lowest BCUT2D eigenvalue weighted by Crippen LogP contribution is -2.34. The molecule has 0 aliphatic heterocycles. The summed E-state index contributed by atoms with van der Waals surface area (Å²) in [5.74, 6) is 0.0288. The van der Waals surface area contributed by atoms with E-state index >= 15 is 0 Å². The van der Waals surface area contributed by atoms with Gasteiger partial charge in [-0.2, -0.15) is 5.10 Å². The van der Waals surface area contributed by atoms with Gasteiger partial charge >= 0.3 is 0 Å². The second-order valence-corrected chi connectivity index (χ2v) is 6.37. The zero-order chi connectivity index (χ0) is 20.2. The number of amides is 1. The maximum atomic E-state index is 13.1. The number of nitrogens with zero attached hydrogens (tertiary/aromatic N) is 5. The molecule has 3 heterocycles. The normalized spacial score (nSPS) is 10.9. The molecule has 1 amide bonds. The Kier molecular flexibility index (Phi) is 5.10. The van der Waals surface area contributed by atoms with Crippen molar-refractivity contribution in [3.63, 3.8) is 0 Å². The Labute approximate surface area is 164 Å². The standard InChI is InChI=1S/C20H17FN6O2/c21-15-6-4-14(5-7-15)16-8-9-20(29)27(25-16)13-19(28)22-11-10-18-24-23-17-3-1-2-12-26(17)18/h1-9,12H,10-11,13H2,(H,22,28). The molecule has 0 aliphatic carbocycles. The second-order valence-electron chi connectivity index (χ2n) is 6.37.